The number of aliphatic hydroxyl groups is 2. The highest BCUT2D eigenvalue weighted by Crippen LogP contribution is 2.50. The smallest absolute Gasteiger partial charge is 0.238 e. The second kappa shape index (κ2) is 14.5. The fourth-order valence-corrected chi connectivity index (χ4v) is 6.86. The van der Waals surface area contributed by atoms with Crippen LogP contribution in [0.2, 0.25) is 0 Å². The molecule has 2 aromatic rings. The molecule has 1 aliphatic carbocycles. The van der Waals surface area contributed by atoms with Crippen LogP contribution in [0.5, 0.6) is 0 Å². The van der Waals surface area contributed by atoms with Gasteiger partial charge in [-0.3, -0.25) is 9.59 Å². The maximum Gasteiger partial charge on any atom is 0.238 e. The summed E-state index contributed by atoms with van der Waals surface area (Å²) >= 11 is 0. The Hall–Kier alpha value is -2.70. The zero-order valence-corrected chi connectivity index (χ0v) is 25.6. The van der Waals surface area contributed by atoms with E-state index in [-0.39, 0.29) is 5.91 Å². The van der Waals surface area contributed by atoms with Crippen molar-refractivity contribution in [3.05, 3.63) is 71.8 Å². The number of hydrogen-bond acceptors (Lipinski definition) is 4. The van der Waals surface area contributed by atoms with Gasteiger partial charge in [-0.25, -0.2) is 0 Å². The fourth-order valence-electron chi connectivity index (χ4n) is 6.86. The first-order chi connectivity index (χ1) is 19.6. The molecule has 0 bridgehead atoms. The van der Waals surface area contributed by atoms with Crippen LogP contribution in [0.25, 0.3) is 0 Å². The number of carbonyl (C=O) groups excluding carboxylic acids is 2. The summed E-state index contributed by atoms with van der Waals surface area (Å²) in [7, 11) is 0. The third-order valence-electron chi connectivity index (χ3n) is 9.05. The van der Waals surface area contributed by atoms with Crippen molar-refractivity contribution in [3.63, 3.8) is 0 Å². The quantitative estimate of drug-likeness (QED) is 0.194. The number of amides is 2. The van der Waals surface area contributed by atoms with Gasteiger partial charge in [-0.05, 0) is 62.5 Å². The van der Waals surface area contributed by atoms with E-state index in [1.165, 1.54) is 0 Å². The number of nitrogens with zero attached hydrogens (tertiary/aromatic N) is 1. The molecule has 2 amide bonds. The van der Waals surface area contributed by atoms with Gasteiger partial charge in [-0.2, -0.15) is 0 Å². The van der Waals surface area contributed by atoms with Crippen molar-refractivity contribution in [2.75, 3.05) is 0 Å². The van der Waals surface area contributed by atoms with E-state index in [4.69, 9.17) is 5.73 Å². The Kier molecular flexibility index (Phi) is 11.6. The van der Waals surface area contributed by atoms with Crippen LogP contribution >= 0.6 is 0 Å². The molecule has 0 spiro atoms. The van der Waals surface area contributed by atoms with Crippen molar-refractivity contribution in [3.8, 4) is 0 Å². The third kappa shape index (κ3) is 7.58. The van der Waals surface area contributed by atoms with Gasteiger partial charge in [0.2, 0.25) is 11.8 Å². The molecule has 4 N–H and O–H groups in total. The summed E-state index contributed by atoms with van der Waals surface area (Å²) in [6, 6.07) is 18.6. The normalized spacial score (nSPS) is 16.1. The average Bonchev–Trinajstić information content (AvgIpc) is 3.76. The van der Waals surface area contributed by atoms with Crippen LogP contribution in [0.3, 0.4) is 0 Å². The largest absolute Gasteiger partial charge is 0.388 e. The minimum absolute atomic E-state index is 0.344. The number of benzene rings is 2. The molecule has 2 atom stereocenters. The maximum atomic E-state index is 14.8. The molecule has 0 aliphatic heterocycles. The van der Waals surface area contributed by atoms with Crippen molar-refractivity contribution >= 4 is 11.8 Å². The summed E-state index contributed by atoms with van der Waals surface area (Å²) in [5.74, 6) is -0.961. The predicted octanol–water partition coefficient (Wildman–Crippen LogP) is 5.97. The average molecular weight is 565 g/mol. The third-order valence-corrected chi connectivity index (χ3v) is 9.05. The number of rotatable bonds is 18. The van der Waals surface area contributed by atoms with Gasteiger partial charge >= 0.3 is 0 Å². The molecule has 0 radical (unpaired) electrons. The maximum absolute atomic E-state index is 14.8. The summed E-state index contributed by atoms with van der Waals surface area (Å²) in [6.07, 6.45) is 6.59. The summed E-state index contributed by atoms with van der Waals surface area (Å²) in [5, 5.41) is 25.1. The standard InChI is InChI=1S/C35H52N2O4/c1-5-19-34(40,20-6-2)29(25-27-15-11-9-12-16-27)37(32(39)33(23-24-33)31(36)38)30(26-28-17-13-10-14-18-28)35(41,21-7-3)22-8-4/h9-18,29-30,40-41H,5-8,19-26H2,1-4H3,(H2,36,38)/t29-,30-/m1/s1. The Morgan fingerprint density at radius 1 is 0.732 bits per heavy atom. The highest BCUT2D eigenvalue weighted by molar-refractivity contribution is 6.07. The molecular weight excluding hydrogens is 512 g/mol. The van der Waals surface area contributed by atoms with Gasteiger partial charge in [-0.1, -0.05) is 114 Å². The summed E-state index contributed by atoms with van der Waals surface area (Å²) in [6.45, 7) is 8.18. The first kappa shape index (κ1) is 32.8. The molecule has 41 heavy (non-hydrogen) atoms. The molecule has 0 unspecified atom stereocenters. The topological polar surface area (TPSA) is 104 Å². The van der Waals surface area contributed by atoms with Crippen LogP contribution < -0.4 is 5.73 Å². The molecule has 3 rings (SSSR count). The van der Waals surface area contributed by atoms with Crippen LogP contribution in [0.1, 0.15) is 103 Å². The highest BCUT2D eigenvalue weighted by atomic mass is 16.3. The summed E-state index contributed by atoms with van der Waals surface area (Å²) in [5.41, 5.74) is 4.20. The lowest BCUT2D eigenvalue weighted by Gasteiger charge is -2.52. The van der Waals surface area contributed by atoms with Gasteiger partial charge in [-0.15, -0.1) is 0 Å². The van der Waals surface area contributed by atoms with E-state index in [1.807, 2.05) is 88.4 Å². The Labute approximate surface area is 247 Å². The van der Waals surface area contributed by atoms with E-state index < -0.39 is 34.6 Å². The van der Waals surface area contributed by atoms with E-state index in [0.29, 0.717) is 51.4 Å². The summed E-state index contributed by atoms with van der Waals surface area (Å²) < 4.78 is 0. The number of carbonyl (C=O) groups is 2. The SMILES string of the molecule is CCCC(O)(CCC)[C@@H](Cc1ccccc1)N(C(=O)C1(C(N)=O)CC1)[C@H](Cc1ccccc1)C(O)(CCC)CCC. The van der Waals surface area contributed by atoms with E-state index in [9.17, 15) is 19.8 Å². The first-order valence-corrected chi connectivity index (χ1v) is 15.8. The molecule has 0 heterocycles. The fraction of sp³-hybridized carbons (Fsp3) is 0.600. The van der Waals surface area contributed by atoms with Gasteiger partial charge in [0, 0.05) is 0 Å². The van der Waals surface area contributed by atoms with Crippen LogP contribution in [0, 0.1) is 5.41 Å². The van der Waals surface area contributed by atoms with Crippen LogP contribution in [0.4, 0.5) is 0 Å². The predicted molar refractivity (Wildman–Crippen MR) is 165 cm³/mol. The Balaban J connectivity index is 2.32. The zero-order valence-electron chi connectivity index (χ0n) is 25.6. The zero-order chi connectivity index (χ0) is 30.1. The monoisotopic (exact) mass is 564 g/mol. The lowest BCUT2D eigenvalue weighted by Crippen LogP contribution is -2.67. The summed E-state index contributed by atoms with van der Waals surface area (Å²) in [4.78, 5) is 29.5. The van der Waals surface area contributed by atoms with Gasteiger partial charge in [0.1, 0.15) is 5.41 Å². The molecule has 1 aliphatic rings. The van der Waals surface area contributed by atoms with Crippen LogP contribution in [-0.4, -0.2) is 50.2 Å². The molecule has 1 saturated carbocycles. The van der Waals surface area contributed by atoms with E-state index in [0.717, 1.165) is 36.8 Å². The Bertz CT molecular complexity index is 1020. The van der Waals surface area contributed by atoms with Crippen LogP contribution in [-0.2, 0) is 22.4 Å². The number of nitrogens with two attached hydrogens (primary N) is 1. The van der Waals surface area contributed by atoms with Crippen molar-refractivity contribution in [2.45, 2.75) is 128 Å². The molecule has 0 saturated heterocycles. The van der Waals surface area contributed by atoms with Crippen molar-refractivity contribution in [2.24, 2.45) is 11.1 Å². The minimum atomic E-state index is -1.29. The Morgan fingerprint density at radius 3 is 1.34 bits per heavy atom. The minimum Gasteiger partial charge on any atom is -0.388 e. The van der Waals surface area contributed by atoms with E-state index in [1.54, 1.807) is 4.90 Å². The molecule has 6 nitrogen and oxygen atoms in total. The van der Waals surface area contributed by atoms with Crippen molar-refractivity contribution < 1.29 is 19.8 Å². The van der Waals surface area contributed by atoms with Gasteiger partial charge in [0.05, 0.1) is 23.3 Å². The second-order valence-corrected chi connectivity index (χ2v) is 12.3. The lowest BCUT2D eigenvalue weighted by molar-refractivity contribution is -0.168. The Morgan fingerprint density at radius 2 is 1.07 bits per heavy atom. The first-order valence-electron chi connectivity index (χ1n) is 15.8. The molecule has 6 heteroatoms. The molecule has 1 fully saturated rings. The molecule has 226 valence electrons. The van der Waals surface area contributed by atoms with Crippen LogP contribution in [0.15, 0.2) is 60.7 Å². The lowest BCUT2D eigenvalue weighted by atomic mass is 9.75. The second-order valence-electron chi connectivity index (χ2n) is 12.3. The molecule has 2 aromatic carbocycles. The van der Waals surface area contributed by atoms with E-state index >= 15 is 0 Å². The van der Waals surface area contributed by atoms with Gasteiger partial charge < -0.3 is 20.8 Å². The van der Waals surface area contributed by atoms with Crippen molar-refractivity contribution in [1.29, 1.82) is 0 Å². The van der Waals surface area contributed by atoms with Gasteiger partial charge in [0.25, 0.3) is 0 Å². The van der Waals surface area contributed by atoms with Gasteiger partial charge in [0.15, 0.2) is 0 Å². The number of primary amides is 1. The molecule has 0 aromatic heterocycles. The molecular formula is C35H52N2O4. The van der Waals surface area contributed by atoms with Crippen molar-refractivity contribution in [1.82, 2.24) is 4.90 Å². The van der Waals surface area contributed by atoms with E-state index in [2.05, 4.69) is 0 Å². The highest BCUT2D eigenvalue weighted by Gasteiger charge is 2.61. The number of hydrogen-bond donors (Lipinski definition) is 3.